The second-order valence-corrected chi connectivity index (χ2v) is 8.27. The highest BCUT2D eigenvalue weighted by atomic mass is 35.5. The van der Waals surface area contributed by atoms with Gasteiger partial charge in [0.25, 0.3) is 5.91 Å². The Morgan fingerprint density at radius 1 is 1.00 bits per heavy atom. The van der Waals surface area contributed by atoms with Gasteiger partial charge in [-0.05, 0) is 30.5 Å². The van der Waals surface area contributed by atoms with E-state index < -0.39 is 0 Å². The maximum Gasteiger partial charge on any atom is 0.273 e. The molecule has 1 fully saturated rings. The number of H-pyrrole nitrogens is 1. The lowest BCUT2D eigenvalue weighted by Gasteiger charge is -2.32. The molecule has 4 nitrogen and oxygen atoms in total. The lowest BCUT2D eigenvalue weighted by Crippen LogP contribution is -2.37. The van der Waals surface area contributed by atoms with Crippen molar-refractivity contribution in [3.05, 3.63) is 75.4 Å². The Labute approximate surface area is 173 Å². The van der Waals surface area contributed by atoms with Crippen LogP contribution >= 0.6 is 23.2 Å². The molecule has 6 heteroatoms. The third-order valence-corrected chi connectivity index (χ3v) is 6.57. The Balaban J connectivity index is 1.70. The van der Waals surface area contributed by atoms with Crippen molar-refractivity contribution in [3.8, 4) is 11.3 Å². The molecule has 0 bridgehead atoms. The maximum atomic E-state index is 13.4. The lowest BCUT2D eigenvalue weighted by molar-refractivity contribution is 0.0660. The highest BCUT2D eigenvalue weighted by Crippen LogP contribution is 2.46. The van der Waals surface area contributed by atoms with Crippen molar-refractivity contribution in [2.45, 2.75) is 37.8 Å². The molecule has 2 aromatic carbocycles. The number of hydrogen-bond donors (Lipinski definition) is 1. The van der Waals surface area contributed by atoms with Crippen LogP contribution in [0, 0.1) is 0 Å². The van der Waals surface area contributed by atoms with E-state index in [0.29, 0.717) is 15.7 Å². The highest BCUT2D eigenvalue weighted by Gasteiger charge is 2.45. The van der Waals surface area contributed by atoms with Crippen LogP contribution in [0.2, 0.25) is 10.0 Å². The molecule has 1 unspecified atom stereocenters. The molecule has 0 saturated heterocycles. The van der Waals surface area contributed by atoms with Gasteiger partial charge in [-0.1, -0.05) is 72.4 Å². The molecule has 0 spiro atoms. The molecule has 1 atom stereocenters. The number of amides is 1. The van der Waals surface area contributed by atoms with Gasteiger partial charge >= 0.3 is 0 Å². The van der Waals surface area contributed by atoms with E-state index in [1.807, 2.05) is 47.4 Å². The van der Waals surface area contributed by atoms with Gasteiger partial charge in [0.2, 0.25) is 0 Å². The average molecular weight is 412 g/mol. The molecule has 142 valence electrons. The number of benzene rings is 2. The van der Waals surface area contributed by atoms with Crippen LogP contribution in [0.4, 0.5) is 0 Å². The third kappa shape index (κ3) is 2.75. The summed E-state index contributed by atoms with van der Waals surface area (Å²) in [7, 11) is 0. The number of halogens is 2. The van der Waals surface area contributed by atoms with Crippen molar-refractivity contribution in [3.63, 3.8) is 0 Å². The molecular weight excluding hydrogens is 393 g/mol. The van der Waals surface area contributed by atoms with Gasteiger partial charge in [-0.2, -0.15) is 5.10 Å². The van der Waals surface area contributed by atoms with Gasteiger partial charge < -0.3 is 4.90 Å². The van der Waals surface area contributed by atoms with Gasteiger partial charge in [0.1, 0.15) is 5.69 Å². The molecule has 1 amide bonds. The van der Waals surface area contributed by atoms with E-state index in [1.54, 1.807) is 6.07 Å². The van der Waals surface area contributed by atoms with Crippen LogP contribution in [0.1, 0.15) is 53.3 Å². The molecule has 2 aliphatic rings. The summed E-state index contributed by atoms with van der Waals surface area (Å²) in [6.45, 7) is 0. The van der Waals surface area contributed by atoms with E-state index in [4.69, 9.17) is 23.2 Å². The van der Waals surface area contributed by atoms with E-state index in [1.165, 1.54) is 0 Å². The Bertz CT molecular complexity index is 1040. The van der Waals surface area contributed by atoms with E-state index in [-0.39, 0.29) is 18.0 Å². The number of carbonyl (C=O) groups is 1. The Kier molecular flexibility index (Phi) is 4.41. The normalized spacial score (nSPS) is 19.4. The number of aromatic amines is 1. The summed E-state index contributed by atoms with van der Waals surface area (Å²) in [4.78, 5) is 15.4. The van der Waals surface area contributed by atoms with Crippen molar-refractivity contribution >= 4 is 29.1 Å². The standard InChI is InChI=1S/C22H19Cl2N3O/c23-16-11-10-14(12-17(16)24)21-18-19(13-6-2-1-3-7-13)25-26-20(18)22(28)27(21)15-8-4-5-9-15/h1-3,6-7,10-12,15,21H,4-5,8-9H2,(H,25,26). The van der Waals surface area contributed by atoms with Gasteiger partial charge in [-0.3, -0.25) is 9.89 Å². The zero-order chi connectivity index (χ0) is 19.3. The molecule has 1 aliphatic carbocycles. The number of nitrogens with zero attached hydrogens (tertiary/aromatic N) is 2. The summed E-state index contributed by atoms with van der Waals surface area (Å²) >= 11 is 12.5. The summed E-state index contributed by atoms with van der Waals surface area (Å²) in [6, 6.07) is 15.6. The van der Waals surface area contributed by atoms with Gasteiger partial charge in [0.15, 0.2) is 0 Å². The Hall–Kier alpha value is -2.30. The lowest BCUT2D eigenvalue weighted by atomic mass is 9.95. The van der Waals surface area contributed by atoms with Crippen LogP contribution in [0.25, 0.3) is 11.3 Å². The van der Waals surface area contributed by atoms with Gasteiger partial charge in [-0.15, -0.1) is 0 Å². The third-order valence-electron chi connectivity index (χ3n) is 5.83. The topological polar surface area (TPSA) is 49.0 Å². The van der Waals surface area contributed by atoms with Crippen LogP contribution in [0.15, 0.2) is 48.5 Å². The van der Waals surface area contributed by atoms with Gasteiger partial charge in [-0.25, -0.2) is 0 Å². The van der Waals surface area contributed by atoms with Crippen molar-refractivity contribution in [1.29, 1.82) is 0 Å². The first kappa shape index (κ1) is 17.8. The van der Waals surface area contributed by atoms with E-state index in [9.17, 15) is 4.79 Å². The average Bonchev–Trinajstić information content (AvgIpc) is 3.42. The van der Waals surface area contributed by atoms with Gasteiger partial charge in [0, 0.05) is 17.2 Å². The molecule has 0 radical (unpaired) electrons. The summed E-state index contributed by atoms with van der Waals surface area (Å²) in [5.74, 6) is 0.0210. The number of rotatable bonds is 3. The van der Waals surface area contributed by atoms with Crippen molar-refractivity contribution in [2.24, 2.45) is 0 Å². The minimum absolute atomic E-state index is 0.0210. The minimum atomic E-state index is -0.214. The molecule has 1 aromatic heterocycles. The van der Waals surface area contributed by atoms with E-state index >= 15 is 0 Å². The second kappa shape index (κ2) is 6.94. The summed E-state index contributed by atoms with van der Waals surface area (Å²) in [6.07, 6.45) is 4.37. The van der Waals surface area contributed by atoms with Crippen LogP contribution in [-0.2, 0) is 0 Å². The largest absolute Gasteiger partial charge is 0.323 e. The predicted octanol–water partition coefficient (Wildman–Crippen LogP) is 5.87. The van der Waals surface area contributed by atoms with E-state index in [2.05, 4.69) is 10.2 Å². The fourth-order valence-corrected chi connectivity index (χ4v) is 4.86. The molecule has 2 heterocycles. The highest BCUT2D eigenvalue weighted by molar-refractivity contribution is 6.42. The zero-order valence-corrected chi connectivity index (χ0v) is 16.7. The quantitative estimate of drug-likeness (QED) is 0.585. The molecule has 5 rings (SSSR count). The number of hydrogen-bond acceptors (Lipinski definition) is 2. The first-order valence-corrected chi connectivity index (χ1v) is 10.3. The van der Waals surface area contributed by atoms with Gasteiger partial charge in [0.05, 0.1) is 21.8 Å². The summed E-state index contributed by atoms with van der Waals surface area (Å²) < 4.78 is 0. The monoisotopic (exact) mass is 411 g/mol. The fraction of sp³-hybridized carbons (Fsp3) is 0.273. The Morgan fingerprint density at radius 2 is 1.75 bits per heavy atom. The SMILES string of the molecule is O=C1c2[nH]nc(-c3ccccc3)c2C(c2ccc(Cl)c(Cl)c2)N1C1CCCC1. The summed E-state index contributed by atoms with van der Waals surface area (Å²) in [5, 5.41) is 8.53. The predicted molar refractivity (Wildman–Crippen MR) is 111 cm³/mol. The van der Waals surface area contributed by atoms with Crippen LogP contribution < -0.4 is 0 Å². The van der Waals surface area contributed by atoms with E-state index in [0.717, 1.165) is 48.1 Å². The van der Waals surface area contributed by atoms with Crippen LogP contribution in [0.5, 0.6) is 0 Å². The number of nitrogens with one attached hydrogen (secondary N) is 1. The smallest absolute Gasteiger partial charge is 0.273 e. The zero-order valence-electron chi connectivity index (χ0n) is 15.2. The first-order chi connectivity index (χ1) is 13.6. The van der Waals surface area contributed by atoms with Crippen molar-refractivity contribution in [2.75, 3.05) is 0 Å². The molecule has 1 aliphatic heterocycles. The first-order valence-electron chi connectivity index (χ1n) is 9.56. The van der Waals surface area contributed by atoms with Crippen molar-refractivity contribution in [1.82, 2.24) is 15.1 Å². The second-order valence-electron chi connectivity index (χ2n) is 7.45. The molecule has 1 N–H and O–H groups in total. The molecule has 3 aromatic rings. The minimum Gasteiger partial charge on any atom is -0.323 e. The molecule has 28 heavy (non-hydrogen) atoms. The van der Waals surface area contributed by atoms with Crippen molar-refractivity contribution < 1.29 is 4.79 Å². The van der Waals surface area contributed by atoms with Crippen LogP contribution in [0.3, 0.4) is 0 Å². The van der Waals surface area contributed by atoms with Crippen LogP contribution in [-0.4, -0.2) is 27.0 Å². The fourth-order valence-electron chi connectivity index (χ4n) is 4.55. The number of carbonyl (C=O) groups excluding carboxylic acids is 1. The molecular formula is C22H19Cl2N3O. The number of fused-ring (bicyclic) bond motifs is 1. The summed E-state index contributed by atoms with van der Waals surface area (Å²) in [5.41, 5.74) is 4.29. The molecule has 1 saturated carbocycles. The number of aromatic nitrogens is 2. The Morgan fingerprint density at radius 3 is 2.46 bits per heavy atom. The maximum absolute atomic E-state index is 13.4.